The van der Waals surface area contributed by atoms with E-state index < -0.39 is 6.10 Å². The van der Waals surface area contributed by atoms with Crippen LogP contribution in [0.15, 0.2) is 22.8 Å². The number of β-amino-alcohol motifs (C(OH)–C–C–N with tert-alkyl or cyclic N) is 1. The van der Waals surface area contributed by atoms with Crippen LogP contribution in [0.5, 0.6) is 0 Å². The zero-order valence-corrected chi connectivity index (χ0v) is 10.1. The molecule has 1 atom stereocenters. The van der Waals surface area contributed by atoms with Gasteiger partial charge in [0, 0.05) is 13.1 Å². The summed E-state index contributed by atoms with van der Waals surface area (Å²) in [5.41, 5.74) is 0. The van der Waals surface area contributed by atoms with Crippen molar-refractivity contribution < 1.29 is 14.3 Å². The van der Waals surface area contributed by atoms with Crippen LogP contribution in [0.3, 0.4) is 0 Å². The van der Waals surface area contributed by atoms with Gasteiger partial charge in [0.1, 0.15) is 6.54 Å². The van der Waals surface area contributed by atoms with E-state index in [0.717, 1.165) is 0 Å². The van der Waals surface area contributed by atoms with Crippen molar-refractivity contribution in [2.45, 2.75) is 19.1 Å². The number of tetrazole rings is 1. The number of nitrogens with zero attached hydrogens (tertiary/aromatic N) is 5. The Bertz CT molecular complexity index is 565. The Balaban J connectivity index is 1.66. The second kappa shape index (κ2) is 4.81. The maximum Gasteiger partial charge on any atom is 0.246 e. The van der Waals surface area contributed by atoms with E-state index in [-0.39, 0.29) is 12.5 Å². The zero-order valence-electron chi connectivity index (χ0n) is 10.1. The third-order valence-corrected chi connectivity index (χ3v) is 2.99. The van der Waals surface area contributed by atoms with E-state index in [2.05, 4.69) is 15.4 Å². The lowest BCUT2D eigenvalue weighted by molar-refractivity contribution is -0.131. The summed E-state index contributed by atoms with van der Waals surface area (Å²) in [5, 5.41) is 21.1. The van der Waals surface area contributed by atoms with Gasteiger partial charge in [0.05, 0.1) is 12.4 Å². The van der Waals surface area contributed by atoms with Gasteiger partial charge in [-0.15, -0.1) is 10.2 Å². The Morgan fingerprint density at radius 1 is 1.58 bits per heavy atom. The third-order valence-electron chi connectivity index (χ3n) is 2.99. The van der Waals surface area contributed by atoms with Crippen LogP contribution in [-0.2, 0) is 11.3 Å². The SMILES string of the molecule is O=C(Cn1nnc(-c2ccco2)n1)N1CC[C@@H](O)C1. The number of likely N-dealkylation sites (tertiary alicyclic amines) is 1. The molecule has 1 amide bonds. The van der Waals surface area contributed by atoms with Crippen LogP contribution in [0.4, 0.5) is 0 Å². The zero-order chi connectivity index (χ0) is 13.2. The molecule has 100 valence electrons. The van der Waals surface area contributed by atoms with Crippen LogP contribution < -0.4 is 0 Å². The highest BCUT2D eigenvalue weighted by Crippen LogP contribution is 2.13. The standard InChI is InChI=1S/C11H13N5O3/c17-8-3-4-15(6-8)10(18)7-16-13-11(12-14-16)9-2-1-5-19-9/h1-2,5,8,17H,3-4,6-7H2/t8-/m1/s1. The molecular weight excluding hydrogens is 250 g/mol. The summed E-state index contributed by atoms with van der Waals surface area (Å²) in [6.07, 6.45) is 1.72. The number of hydrogen-bond acceptors (Lipinski definition) is 6. The van der Waals surface area contributed by atoms with Crippen molar-refractivity contribution in [3.05, 3.63) is 18.4 Å². The molecule has 0 aromatic carbocycles. The number of carbonyl (C=O) groups excluding carboxylic acids is 1. The minimum absolute atomic E-state index is 0.0143. The van der Waals surface area contributed by atoms with Crippen LogP contribution in [0.25, 0.3) is 11.6 Å². The van der Waals surface area contributed by atoms with Gasteiger partial charge < -0.3 is 14.4 Å². The fourth-order valence-corrected chi connectivity index (χ4v) is 2.00. The van der Waals surface area contributed by atoms with Crippen LogP contribution in [0.2, 0.25) is 0 Å². The Morgan fingerprint density at radius 2 is 2.47 bits per heavy atom. The van der Waals surface area contributed by atoms with Gasteiger partial charge in [-0.05, 0) is 23.8 Å². The molecule has 8 nitrogen and oxygen atoms in total. The second-order valence-corrected chi connectivity index (χ2v) is 4.40. The van der Waals surface area contributed by atoms with Crippen molar-refractivity contribution in [1.82, 2.24) is 25.1 Å². The first-order valence-electron chi connectivity index (χ1n) is 6.00. The molecule has 3 rings (SSSR count). The lowest BCUT2D eigenvalue weighted by Gasteiger charge is -2.14. The van der Waals surface area contributed by atoms with Gasteiger partial charge in [-0.2, -0.15) is 4.80 Å². The van der Waals surface area contributed by atoms with Crippen molar-refractivity contribution in [3.63, 3.8) is 0 Å². The van der Waals surface area contributed by atoms with Gasteiger partial charge in [-0.25, -0.2) is 0 Å². The highest BCUT2D eigenvalue weighted by atomic mass is 16.3. The molecule has 1 N–H and O–H groups in total. The van der Waals surface area contributed by atoms with Crippen LogP contribution in [-0.4, -0.2) is 55.3 Å². The van der Waals surface area contributed by atoms with Crippen molar-refractivity contribution in [3.8, 4) is 11.6 Å². The molecule has 3 heterocycles. The molecule has 0 saturated carbocycles. The highest BCUT2D eigenvalue weighted by Gasteiger charge is 2.25. The van der Waals surface area contributed by atoms with E-state index in [4.69, 9.17) is 4.42 Å². The van der Waals surface area contributed by atoms with Gasteiger partial charge >= 0.3 is 0 Å². The maximum atomic E-state index is 11.9. The molecule has 1 aliphatic heterocycles. The fourth-order valence-electron chi connectivity index (χ4n) is 2.00. The normalized spacial score (nSPS) is 19.0. The number of aliphatic hydroxyl groups excluding tert-OH is 1. The maximum absolute atomic E-state index is 11.9. The van der Waals surface area contributed by atoms with Crippen LogP contribution in [0, 0.1) is 0 Å². The number of carbonyl (C=O) groups is 1. The molecule has 0 unspecified atom stereocenters. The summed E-state index contributed by atoms with van der Waals surface area (Å²) in [5.74, 6) is 0.731. The quantitative estimate of drug-likeness (QED) is 0.803. The lowest BCUT2D eigenvalue weighted by Crippen LogP contribution is -2.33. The predicted molar refractivity (Wildman–Crippen MR) is 62.7 cm³/mol. The van der Waals surface area contributed by atoms with E-state index in [0.29, 0.717) is 31.1 Å². The minimum atomic E-state index is -0.425. The van der Waals surface area contributed by atoms with E-state index >= 15 is 0 Å². The first kappa shape index (κ1) is 11.8. The van der Waals surface area contributed by atoms with Crippen molar-refractivity contribution in [2.24, 2.45) is 0 Å². The van der Waals surface area contributed by atoms with E-state index in [9.17, 15) is 9.90 Å². The molecule has 2 aromatic heterocycles. The predicted octanol–water partition coefficient (Wildman–Crippen LogP) is -0.474. The van der Waals surface area contributed by atoms with Gasteiger partial charge in [-0.3, -0.25) is 4.79 Å². The fraction of sp³-hybridized carbons (Fsp3) is 0.455. The molecule has 8 heteroatoms. The number of furan rings is 1. The van der Waals surface area contributed by atoms with Crippen LogP contribution in [0.1, 0.15) is 6.42 Å². The minimum Gasteiger partial charge on any atom is -0.461 e. The third kappa shape index (κ3) is 2.48. The smallest absolute Gasteiger partial charge is 0.246 e. The molecule has 0 aliphatic carbocycles. The summed E-state index contributed by atoms with van der Waals surface area (Å²) < 4.78 is 5.14. The first-order valence-corrected chi connectivity index (χ1v) is 6.00. The summed E-state index contributed by atoms with van der Waals surface area (Å²) in [6, 6.07) is 3.45. The molecule has 1 aliphatic rings. The largest absolute Gasteiger partial charge is 0.461 e. The van der Waals surface area contributed by atoms with Crippen molar-refractivity contribution in [2.75, 3.05) is 13.1 Å². The average molecular weight is 263 g/mol. The summed E-state index contributed by atoms with van der Waals surface area (Å²) in [4.78, 5) is 14.7. The summed E-state index contributed by atoms with van der Waals surface area (Å²) in [6.45, 7) is 0.957. The van der Waals surface area contributed by atoms with Crippen LogP contribution >= 0.6 is 0 Å². The number of aliphatic hydroxyl groups is 1. The summed E-state index contributed by atoms with van der Waals surface area (Å²) in [7, 11) is 0. The monoisotopic (exact) mass is 263 g/mol. The van der Waals surface area contributed by atoms with E-state index in [1.165, 1.54) is 11.1 Å². The molecule has 0 radical (unpaired) electrons. The molecule has 0 spiro atoms. The molecule has 0 bridgehead atoms. The number of rotatable bonds is 3. The number of hydrogen-bond donors (Lipinski definition) is 1. The first-order chi connectivity index (χ1) is 9.22. The lowest BCUT2D eigenvalue weighted by atomic mass is 10.3. The van der Waals surface area contributed by atoms with Gasteiger partial charge in [0.25, 0.3) is 0 Å². The summed E-state index contributed by atoms with van der Waals surface area (Å²) >= 11 is 0. The molecule has 1 fully saturated rings. The van der Waals surface area contributed by atoms with Gasteiger partial charge in [-0.1, -0.05) is 0 Å². The topological polar surface area (TPSA) is 97.3 Å². The van der Waals surface area contributed by atoms with Gasteiger partial charge in [0.15, 0.2) is 5.76 Å². The molecule has 2 aromatic rings. The number of aromatic nitrogens is 4. The Labute approximate surface area is 108 Å². The Hall–Kier alpha value is -2.22. The van der Waals surface area contributed by atoms with Gasteiger partial charge in [0.2, 0.25) is 11.7 Å². The average Bonchev–Trinajstić information content (AvgIpc) is 3.07. The molecule has 19 heavy (non-hydrogen) atoms. The van der Waals surface area contributed by atoms with Crippen molar-refractivity contribution in [1.29, 1.82) is 0 Å². The molecule has 1 saturated heterocycles. The number of amides is 1. The van der Waals surface area contributed by atoms with Crippen molar-refractivity contribution >= 4 is 5.91 Å². The van der Waals surface area contributed by atoms with E-state index in [1.54, 1.807) is 17.0 Å². The second-order valence-electron chi connectivity index (χ2n) is 4.40. The Kier molecular flexibility index (Phi) is 3.00. The molecular formula is C11H13N5O3. The Morgan fingerprint density at radius 3 is 3.16 bits per heavy atom. The highest BCUT2D eigenvalue weighted by molar-refractivity contribution is 5.76. The van der Waals surface area contributed by atoms with E-state index in [1.807, 2.05) is 0 Å².